The zero-order valence-corrected chi connectivity index (χ0v) is 11.3. The van der Waals surface area contributed by atoms with Crippen molar-refractivity contribution >= 4 is 21.7 Å². The zero-order chi connectivity index (χ0) is 13.8. The van der Waals surface area contributed by atoms with Gasteiger partial charge >= 0.3 is 0 Å². The Hall–Kier alpha value is -1.60. The number of nitrogens with one attached hydrogen (secondary N) is 2. The monoisotopic (exact) mass is 270 g/mol. The molecule has 0 unspecified atom stereocenters. The fourth-order valence-corrected chi connectivity index (χ4v) is 3.04. The van der Waals surface area contributed by atoms with Crippen LogP contribution in [0.2, 0.25) is 0 Å². The number of guanidine groups is 1. The summed E-state index contributed by atoms with van der Waals surface area (Å²) in [5.74, 6) is -0.186. The van der Waals surface area contributed by atoms with E-state index in [-0.39, 0.29) is 10.9 Å². The van der Waals surface area contributed by atoms with Crippen molar-refractivity contribution in [3.8, 4) is 0 Å². The Bertz CT molecular complexity index is 506. The van der Waals surface area contributed by atoms with Gasteiger partial charge in [-0.05, 0) is 24.3 Å². The first-order valence-electron chi connectivity index (χ1n) is 5.63. The van der Waals surface area contributed by atoms with E-state index in [1.165, 1.54) is 16.4 Å². The molecule has 4 N–H and O–H groups in total. The van der Waals surface area contributed by atoms with E-state index in [9.17, 15) is 8.42 Å². The highest BCUT2D eigenvalue weighted by Crippen LogP contribution is 2.17. The molecule has 0 aromatic heterocycles. The van der Waals surface area contributed by atoms with Crippen LogP contribution >= 0.6 is 0 Å². The highest BCUT2D eigenvalue weighted by Gasteiger charge is 2.20. The van der Waals surface area contributed by atoms with E-state index < -0.39 is 10.0 Å². The minimum absolute atomic E-state index is 0.186. The second kappa shape index (κ2) is 5.83. The van der Waals surface area contributed by atoms with E-state index >= 15 is 0 Å². The molecule has 1 aromatic carbocycles. The molecule has 6 nitrogen and oxygen atoms in total. The summed E-state index contributed by atoms with van der Waals surface area (Å²) in [6.45, 7) is 4.47. The molecule has 0 spiro atoms. The average Bonchev–Trinajstić information content (AvgIpc) is 2.30. The summed E-state index contributed by atoms with van der Waals surface area (Å²) in [5, 5.41) is 9.67. The fraction of sp³-hybridized carbons (Fsp3) is 0.364. The third-order valence-electron chi connectivity index (χ3n) is 2.48. The number of anilines is 1. The predicted octanol–water partition coefficient (Wildman–Crippen LogP) is 1.02. The Morgan fingerprint density at radius 3 is 2.17 bits per heavy atom. The molecule has 0 aliphatic heterocycles. The van der Waals surface area contributed by atoms with Crippen LogP contribution < -0.4 is 11.1 Å². The minimum atomic E-state index is -3.43. The van der Waals surface area contributed by atoms with Crippen molar-refractivity contribution in [2.75, 3.05) is 18.4 Å². The first-order chi connectivity index (χ1) is 8.41. The zero-order valence-electron chi connectivity index (χ0n) is 10.5. The van der Waals surface area contributed by atoms with Crippen molar-refractivity contribution < 1.29 is 8.42 Å². The maximum absolute atomic E-state index is 12.2. The SMILES string of the molecule is CCN(CC)S(=O)(=O)c1ccc(NC(=N)N)cc1. The van der Waals surface area contributed by atoms with Crippen LogP contribution in [0.25, 0.3) is 0 Å². The van der Waals surface area contributed by atoms with Crippen LogP contribution in [0.15, 0.2) is 29.2 Å². The topological polar surface area (TPSA) is 99.3 Å². The molecule has 0 aliphatic carbocycles. The predicted molar refractivity (Wildman–Crippen MR) is 72.1 cm³/mol. The lowest BCUT2D eigenvalue weighted by molar-refractivity contribution is 0.445. The number of rotatable bonds is 5. The van der Waals surface area contributed by atoms with Crippen LogP contribution in [-0.2, 0) is 10.0 Å². The lowest BCUT2D eigenvalue weighted by Crippen LogP contribution is -2.30. The molecule has 0 saturated carbocycles. The number of benzene rings is 1. The summed E-state index contributed by atoms with van der Waals surface area (Å²) < 4.78 is 25.7. The van der Waals surface area contributed by atoms with Crippen molar-refractivity contribution in [1.82, 2.24) is 4.31 Å². The molecule has 1 rings (SSSR count). The minimum Gasteiger partial charge on any atom is -0.370 e. The standard InChI is InChI=1S/C11H18N4O2S/c1-3-15(4-2)18(16,17)10-7-5-9(6-8-10)14-11(12)13/h5-8H,3-4H2,1-2H3,(H4,12,13,14). The van der Waals surface area contributed by atoms with Crippen LogP contribution in [0.1, 0.15) is 13.8 Å². The molecule has 0 amide bonds. The number of nitrogens with zero attached hydrogens (tertiary/aromatic N) is 1. The first-order valence-corrected chi connectivity index (χ1v) is 7.07. The van der Waals surface area contributed by atoms with Crippen LogP contribution in [0.3, 0.4) is 0 Å². The van der Waals surface area contributed by atoms with E-state index in [2.05, 4.69) is 5.32 Å². The average molecular weight is 270 g/mol. The van der Waals surface area contributed by atoms with Gasteiger partial charge in [0.15, 0.2) is 5.96 Å². The van der Waals surface area contributed by atoms with Gasteiger partial charge in [-0.2, -0.15) is 4.31 Å². The van der Waals surface area contributed by atoms with Crippen LogP contribution in [0.4, 0.5) is 5.69 Å². The summed E-state index contributed by atoms with van der Waals surface area (Å²) in [5.41, 5.74) is 5.77. The van der Waals surface area contributed by atoms with Gasteiger partial charge in [0.2, 0.25) is 10.0 Å². The van der Waals surface area contributed by atoms with Crippen LogP contribution in [0, 0.1) is 5.41 Å². The molecular weight excluding hydrogens is 252 g/mol. The van der Waals surface area contributed by atoms with Gasteiger partial charge in [0.05, 0.1) is 4.90 Å². The third kappa shape index (κ3) is 3.21. The maximum Gasteiger partial charge on any atom is 0.243 e. The number of sulfonamides is 1. The Balaban J connectivity index is 3.01. The molecule has 0 aliphatic rings. The first kappa shape index (κ1) is 14.5. The normalized spacial score (nSPS) is 11.5. The lowest BCUT2D eigenvalue weighted by Gasteiger charge is -2.18. The Kier molecular flexibility index (Phi) is 4.69. The summed E-state index contributed by atoms with van der Waals surface area (Å²) >= 11 is 0. The highest BCUT2D eigenvalue weighted by atomic mass is 32.2. The van der Waals surface area contributed by atoms with Gasteiger partial charge in [-0.3, -0.25) is 5.41 Å². The lowest BCUT2D eigenvalue weighted by atomic mass is 10.3. The van der Waals surface area contributed by atoms with E-state index in [0.29, 0.717) is 18.8 Å². The van der Waals surface area contributed by atoms with Crippen molar-refractivity contribution in [2.45, 2.75) is 18.7 Å². The van der Waals surface area contributed by atoms with Gasteiger partial charge in [-0.15, -0.1) is 0 Å². The molecule has 0 saturated heterocycles. The molecule has 0 heterocycles. The quantitative estimate of drug-likeness (QED) is 0.549. The van der Waals surface area contributed by atoms with E-state index in [0.717, 1.165) is 0 Å². The Morgan fingerprint density at radius 2 is 1.78 bits per heavy atom. The summed E-state index contributed by atoms with van der Waals surface area (Å²) in [7, 11) is -3.43. The molecule has 0 fully saturated rings. The molecule has 0 atom stereocenters. The second-order valence-corrected chi connectivity index (χ2v) is 5.59. The summed E-state index contributed by atoms with van der Waals surface area (Å²) in [6, 6.07) is 6.16. The number of hydrogen-bond donors (Lipinski definition) is 3. The van der Waals surface area contributed by atoms with Crippen LogP contribution in [0.5, 0.6) is 0 Å². The van der Waals surface area contributed by atoms with Crippen molar-refractivity contribution in [3.63, 3.8) is 0 Å². The Labute approximate surface area is 107 Å². The van der Waals surface area contributed by atoms with Gasteiger partial charge in [-0.25, -0.2) is 8.42 Å². The van der Waals surface area contributed by atoms with Crippen LogP contribution in [-0.4, -0.2) is 31.8 Å². The van der Waals surface area contributed by atoms with Gasteiger partial charge in [0.1, 0.15) is 0 Å². The summed E-state index contributed by atoms with van der Waals surface area (Å²) in [6.07, 6.45) is 0. The van der Waals surface area contributed by atoms with Gasteiger partial charge < -0.3 is 11.1 Å². The van der Waals surface area contributed by atoms with Gasteiger partial charge in [-0.1, -0.05) is 13.8 Å². The second-order valence-electron chi connectivity index (χ2n) is 3.65. The Morgan fingerprint density at radius 1 is 1.28 bits per heavy atom. The number of nitrogens with two attached hydrogens (primary N) is 1. The van der Waals surface area contributed by atoms with Gasteiger partial charge in [0, 0.05) is 18.8 Å². The summed E-state index contributed by atoms with van der Waals surface area (Å²) in [4.78, 5) is 0.236. The molecule has 0 radical (unpaired) electrons. The largest absolute Gasteiger partial charge is 0.370 e. The molecule has 100 valence electrons. The van der Waals surface area contributed by atoms with Crippen molar-refractivity contribution in [3.05, 3.63) is 24.3 Å². The molecule has 1 aromatic rings. The van der Waals surface area contributed by atoms with E-state index in [4.69, 9.17) is 11.1 Å². The van der Waals surface area contributed by atoms with E-state index in [1.54, 1.807) is 26.0 Å². The maximum atomic E-state index is 12.2. The van der Waals surface area contributed by atoms with Crippen molar-refractivity contribution in [1.29, 1.82) is 5.41 Å². The fourth-order valence-electron chi connectivity index (χ4n) is 1.58. The van der Waals surface area contributed by atoms with Crippen molar-refractivity contribution in [2.24, 2.45) is 5.73 Å². The number of hydrogen-bond acceptors (Lipinski definition) is 3. The van der Waals surface area contributed by atoms with E-state index in [1.807, 2.05) is 0 Å². The molecule has 7 heteroatoms. The third-order valence-corrected chi connectivity index (χ3v) is 4.54. The van der Waals surface area contributed by atoms with Gasteiger partial charge in [0.25, 0.3) is 0 Å². The molecule has 18 heavy (non-hydrogen) atoms. The molecular formula is C11H18N4O2S. The highest BCUT2D eigenvalue weighted by molar-refractivity contribution is 7.89. The molecule has 0 bridgehead atoms. The smallest absolute Gasteiger partial charge is 0.243 e.